The van der Waals surface area contributed by atoms with Gasteiger partial charge in [0, 0.05) is 33.2 Å². The van der Waals surface area contributed by atoms with Crippen LogP contribution in [0.3, 0.4) is 0 Å². The van der Waals surface area contributed by atoms with Crippen molar-refractivity contribution in [2.24, 2.45) is 17.6 Å². The first-order valence-corrected chi connectivity index (χ1v) is 14.1. The molecular formula is C27H43F3N6O7. The van der Waals surface area contributed by atoms with Crippen LogP contribution in [0, 0.1) is 11.8 Å². The van der Waals surface area contributed by atoms with Gasteiger partial charge in [0.15, 0.2) is 11.3 Å². The number of likely N-dealkylation sites (tertiary alicyclic amines) is 1. The van der Waals surface area contributed by atoms with Gasteiger partial charge >= 0.3 is 18.2 Å². The van der Waals surface area contributed by atoms with E-state index in [4.69, 9.17) is 5.73 Å². The molecule has 0 aromatic heterocycles. The van der Waals surface area contributed by atoms with Gasteiger partial charge in [-0.1, -0.05) is 27.7 Å². The van der Waals surface area contributed by atoms with Gasteiger partial charge in [0.1, 0.15) is 12.1 Å². The smallest absolute Gasteiger partial charge is 0.452 e. The number of carboxylic acids is 1. The summed E-state index contributed by atoms with van der Waals surface area (Å²) >= 11 is 0. The minimum Gasteiger partial charge on any atom is -0.480 e. The molecule has 2 aliphatic heterocycles. The maximum absolute atomic E-state index is 14.2. The van der Waals surface area contributed by atoms with Crippen molar-refractivity contribution in [2.75, 3.05) is 46.9 Å². The third-order valence-corrected chi connectivity index (χ3v) is 8.09. The molecule has 0 aromatic rings. The highest BCUT2D eigenvalue weighted by molar-refractivity contribution is 6.16. The zero-order valence-electron chi connectivity index (χ0n) is 25.7. The van der Waals surface area contributed by atoms with Gasteiger partial charge in [-0.3, -0.25) is 38.7 Å². The molecule has 2 heterocycles. The molecule has 1 unspecified atom stereocenters. The normalized spacial score (nSPS) is 22.0. The van der Waals surface area contributed by atoms with E-state index in [0.717, 1.165) is 0 Å². The Morgan fingerprint density at radius 1 is 1.02 bits per heavy atom. The van der Waals surface area contributed by atoms with Crippen molar-refractivity contribution in [2.45, 2.75) is 77.3 Å². The van der Waals surface area contributed by atoms with E-state index in [-0.39, 0.29) is 24.7 Å². The number of imide groups is 1. The van der Waals surface area contributed by atoms with E-state index in [2.05, 4.69) is 0 Å². The highest BCUT2D eigenvalue weighted by Crippen LogP contribution is 2.31. The minimum absolute atomic E-state index is 0.0898. The summed E-state index contributed by atoms with van der Waals surface area (Å²) in [4.78, 5) is 84.0. The average molecular weight is 621 g/mol. The Labute approximate surface area is 249 Å². The number of carboxylic acid groups (broad SMARTS) is 1. The monoisotopic (exact) mass is 620 g/mol. The van der Waals surface area contributed by atoms with Crippen LogP contribution in [0.15, 0.2) is 0 Å². The summed E-state index contributed by atoms with van der Waals surface area (Å²) in [5.41, 5.74) is 3.93. The van der Waals surface area contributed by atoms with E-state index >= 15 is 0 Å². The number of rotatable bonds is 11. The molecule has 0 aliphatic carbocycles. The number of alkyl halides is 3. The lowest BCUT2D eigenvalue weighted by Gasteiger charge is -2.41. The van der Waals surface area contributed by atoms with Crippen molar-refractivity contribution in [3.05, 3.63) is 0 Å². The second-order valence-electron chi connectivity index (χ2n) is 12.2. The van der Waals surface area contributed by atoms with Crippen LogP contribution in [-0.4, -0.2) is 142 Å². The van der Waals surface area contributed by atoms with Crippen LogP contribution in [0.25, 0.3) is 0 Å². The fourth-order valence-corrected chi connectivity index (χ4v) is 5.55. The SMILES string of the molecule is CC(C)[C@@H](C(=O)C(F)(F)F)N(C(=O)N1CCC[C@H]1C)C(=O)[C@](N)(C(=O)CN1CC(C(=O)N(C)C)N(CC(=O)O)C1)C(C)C. The standard InChI is InChI=1S/C27H43F3N6O7/c1-15(2)21(22(40)27(28,29)30)36(25(43)35-10-8-9-17(35)5)24(42)26(31,16(3)4)19(37)12-33-11-18(23(41)32(6)7)34(14-33)13-20(38)39/h15-18,21H,8-14,31H2,1-7H3,(H,38,39)/t17-,18?,21+,26-/m1/s1. The predicted molar refractivity (Wildman–Crippen MR) is 147 cm³/mol. The first-order chi connectivity index (χ1) is 19.7. The Kier molecular flexibility index (Phi) is 11.5. The van der Waals surface area contributed by atoms with Crippen LogP contribution in [0.4, 0.5) is 18.0 Å². The molecule has 4 atom stereocenters. The number of likely N-dealkylation sites (N-methyl/N-ethyl adjacent to an activating group) is 1. The molecule has 16 heteroatoms. The molecule has 0 bridgehead atoms. The van der Waals surface area contributed by atoms with Gasteiger partial charge in [-0.25, -0.2) is 4.79 Å². The van der Waals surface area contributed by atoms with Crippen molar-refractivity contribution >= 4 is 35.4 Å². The Hall–Kier alpha value is -3.11. The lowest BCUT2D eigenvalue weighted by atomic mass is 9.80. The number of carbonyl (C=O) groups excluding carboxylic acids is 5. The second-order valence-corrected chi connectivity index (χ2v) is 12.2. The van der Waals surface area contributed by atoms with E-state index in [1.54, 1.807) is 6.92 Å². The average Bonchev–Trinajstić information content (AvgIpc) is 3.48. The summed E-state index contributed by atoms with van der Waals surface area (Å²) in [6.07, 6.45) is -4.33. The molecule has 2 aliphatic rings. The lowest BCUT2D eigenvalue weighted by molar-refractivity contribution is -0.179. The Balaban J connectivity index is 2.54. The number of hydrogen-bond donors (Lipinski definition) is 2. The third kappa shape index (κ3) is 7.70. The van der Waals surface area contributed by atoms with Crippen LogP contribution in [-0.2, 0) is 24.0 Å². The van der Waals surface area contributed by atoms with Gasteiger partial charge in [0.05, 0.1) is 19.8 Å². The molecule has 3 N–H and O–H groups in total. The fraction of sp³-hybridized carbons (Fsp3) is 0.778. The van der Waals surface area contributed by atoms with E-state index in [1.165, 1.54) is 61.4 Å². The number of halogens is 3. The van der Waals surface area contributed by atoms with Crippen LogP contribution in [0.5, 0.6) is 0 Å². The molecule has 43 heavy (non-hydrogen) atoms. The van der Waals surface area contributed by atoms with E-state index in [1.807, 2.05) is 0 Å². The van der Waals surface area contributed by atoms with Crippen molar-refractivity contribution in [3.8, 4) is 0 Å². The molecule has 4 amide bonds. The number of Topliss-reactive ketones (excluding diaryl/α,β-unsaturated/α-hetero) is 2. The molecule has 0 saturated carbocycles. The van der Waals surface area contributed by atoms with E-state index in [9.17, 15) is 47.0 Å². The minimum atomic E-state index is -5.39. The highest BCUT2D eigenvalue weighted by atomic mass is 19.4. The maximum Gasteiger partial charge on any atom is 0.452 e. The zero-order chi connectivity index (χ0) is 33.2. The topological polar surface area (TPSA) is 165 Å². The van der Waals surface area contributed by atoms with Crippen LogP contribution in [0.1, 0.15) is 47.5 Å². The van der Waals surface area contributed by atoms with Crippen molar-refractivity contribution < 1.29 is 47.0 Å². The molecule has 244 valence electrons. The predicted octanol–water partition coefficient (Wildman–Crippen LogP) is 0.614. The van der Waals surface area contributed by atoms with Gasteiger partial charge < -0.3 is 20.6 Å². The largest absolute Gasteiger partial charge is 0.480 e. The maximum atomic E-state index is 14.2. The summed E-state index contributed by atoms with van der Waals surface area (Å²) in [7, 11) is 2.97. The number of amides is 4. The number of ketones is 2. The van der Waals surface area contributed by atoms with E-state index < -0.39 is 90.1 Å². The summed E-state index contributed by atoms with van der Waals surface area (Å²) in [6.45, 7) is 5.77. The quantitative estimate of drug-likeness (QED) is 0.313. The highest BCUT2D eigenvalue weighted by Gasteiger charge is 2.56. The molecule has 2 rings (SSSR count). The summed E-state index contributed by atoms with van der Waals surface area (Å²) < 4.78 is 41.3. The number of nitrogens with zero attached hydrogens (tertiary/aromatic N) is 5. The number of urea groups is 1. The number of hydrogen-bond acceptors (Lipinski definition) is 9. The second kappa shape index (κ2) is 13.7. The van der Waals surface area contributed by atoms with Gasteiger partial charge in [0.2, 0.25) is 5.91 Å². The summed E-state index contributed by atoms with van der Waals surface area (Å²) in [5.74, 6) is -8.56. The van der Waals surface area contributed by atoms with Crippen LogP contribution in [0.2, 0.25) is 0 Å². The Morgan fingerprint density at radius 3 is 2.02 bits per heavy atom. The Bertz CT molecular complexity index is 1120. The molecule has 2 fully saturated rings. The van der Waals surface area contributed by atoms with Gasteiger partial charge in [0.25, 0.3) is 11.7 Å². The number of aliphatic carboxylic acids is 1. The first kappa shape index (κ1) is 36.1. The zero-order valence-corrected chi connectivity index (χ0v) is 25.7. The molecule has 0 aromatic carbocycles. The van der Waals surface area contributed by atoms with Crippen molar-refractivity contribution in [1.29, 1.82) is 0 Å². The van der Waals surface area contributed by atoms with Gasteiger partial charge in [-0.05, 0) is 31.6 Å². The van der Waals surface area contributed by atoms with Crippen LogP contribution < -0.4 is 5.73 Å². The molecule has 2 saturated heterocycles. The molecule has 13 nitrogen and oxygen atoms in total. The third-order valence-electron chi connectivity index (χ3n) is 8.09. The Morgan fingerprint density at radius 2 is 1.60 bits per heavy atom. The lowest BCUT2D eigenvalue weighted by Crippen LogP contribution is -2.70. The van der Waals surface area contributed by atoms with E-state index in [0.29, 0.717) is 12.8 Å². The summed E-state index contributed by atoms with van der Waals surface area (Å²) in [6, 6.07) is -4.78. The van der Waals surface area contributed by atoms with Gasteiger partial charge in [-0.15, -0.1) is 0 Å². The van der Waals surface area contributed by atoms with Crippen molar-refractivity contribution in [3.63, 3.8) is 0 Å². The van der Waals surface area contributed by atoms with Crippen LogP contribution >= 0.6 is 0 Å². The molecule has 0 radical (unpaired) electrons. The number of nitrogens with two attached hydrogens (primary N) is 1. The van der Waals surface area contributed by atoms with Crippen molar-refractivity contribution in [1.82, 2.24) is 24.5 Å². The molecule has 0 spiro atoms. The van der Waals surface area contributed by atoms with Gasteiger partial charge in [-0.2, -0.15) is 13.2 Å². The molecular weight excluding hydrogens is 577 g/mol. The fourth-order valence-electron chi connectivity index (χ4n) is 5.55. The summed E-state index contributed by atoms with van der Waals surface area (Å²) in [5, 5.41) is 9.31. The first-order valence-electron chi connectivity index (χ1n) is 14.1. The number of carbonyl (C=O) groups is 6.